The molecule has 0 bridgehead atoms. The Bertz CT molecular complexity index is 1180. The topological polar surface area (TPSA) is 69.0 Å². The van der Waals surface area contributed by atoms with Gasteiger partial charge in [0.25, 0.3) is 5.91 Å². The van der Waals surface area contributed by atoms with Crippen LogP contribution in [0.1, 0.15) is 35.0 Å². The molecule has 1 aliphatic heterocycles. The van der Waals surface area contributed by atoms with Crippen LogP contribution in [0, 0.1) is 5.92 Å². The van der Waals surface area contributed by atoms with Crippen molar-refractivity contribution < 1.29 is 9.53 Å². The molecule has 2 atom stereocenters. The average Bonchev–Trinajstić information content (AvgIpc) is 3.48. The van der Waals surface area contributed by atoms with Gasteiger partial charge in [-0.25, -0.2) is 9.67 Å². The minimum atomic E-state index is -0.109. The molecule has 1 amide bonds. The predicted molar refractivity (Wildman–Crippen MR) is 122 cm³/mol. The van der Waals surface area contributed by atoms with Crippen molar-refractivity contribution in [1.29, 1.82) is 0 Å². The van der Waals surface area contributed by atoms with Crippen molar-refractivity contribution in [2.24, 2.45) is 5.92 Å². The van der Waals surface area contributed by atoms with E-state index in [0.29, 0.717) is 24.8 Å². The average molecular weight is 433 g/mol. The second-order valence-electron chi connectivity index (χ2n) is 8.02. The van der Waals surface area contributed by atoms with Gasteiger partial charge >= 0.3 is 0 Å². The number of aromatic nitrogens is 3. The molecule has 0 saturated carbocycles. The third-order valence-electron chi connectivity index (χ3n) is 5.78. The lowest BCUT2D eigenvalue weighted by Crippen LogP contribution is -2.44. The normalized spacial score (nSPS) is 18.9. The van der Waals surface area contributed by atoms with Gasteiger partial charge in [0.2, 0.25) is 0 Å². The number of nitrogens with zero attached hydrogens (tertiary/aromatic N) is 3. The molecule has 5 rings (SSSR count). The molecule has 6 nitrogen and oxygen atoms in total. The van der Waals surface area contributed by atoms with Gasteiger partial charge in [-0.3, -0.25) is 4.79 Å². The van der Waals surface area contributed by atoms with E-state index in [4.69, 9.17) is 4.74 Å². The van der Waals surface area contributed by atoms with E-state index in [1.807, 2.05) is 34.5 Å². The molecule has 1 N–H and O–H groups in total. The number of hydrogen-bond donors (Lipinski definition) is 1. The maximum absolute atomic E-state index is 13.0. The summed E-state index contributed by atoms with van der Waals surface area (Å²) in [5.74, 6) is 0.192. The van der Waals surface area contributed by atoms with Gasteiger partial charge in [0.1, 0.15) is 5.69 Å². The number of ether oxygens (including phenoxy) is 1. The number of benzene rings is 1. The monoisotopic (exact) mass is 432 g/mol. The van der Waals surface area contributed by atoms with Crippen molar-refractivity contribution in [3.05, 3.63) is 77.1 Å². The minimum Gasteiger partial charge on any atom is -0.381 e. The first-order valence-corrected chi connectivity index (χ1v) is 11.4. The Kier molecular flexibility index (Phi) is 5.53. The van der Waals surface area contributed by atoms with Crippen LogP contribution < -0.4 is 5.32 Å². The first kappa shape index (κ1) is 19.9. The highest BCUT2D eigenvalue weighted by Gasteiger charge is 2.25. The van der Waals surface area contributed by atoms with Gasteiger partial charge in [0.15, 0.2) is 0 Å². The maximum Gasteiger partial charge on any atom is 0.270 e. The number of fused-ring (bicyclic) bond motifs is 1. The standard InChI is InChI=1S/C24H24N4O2S/c1-16-15-30-11-7-20(16)27-24(29)22-14-18(23-21(26-22)8-12-31-23)13-17-3-5-19(6-4-17)28-10-2-9-25-28/h2-6,8-10,12,14,16,20H,7,11,13,15H2,1H3,(H,27,29). The molecule has 3 aromatic heterocycles. The fourth-order valence-corrected chi connectivity index (χ4v) is 4.87. The Morgan fingerprint density at radius 3 is 2.94 bits per heavy atom. The van der Waals surface area contributed by atoms with Crippen LogP contribution in [0.2, 0.25) is 0 Å². The molecular formula is C24H24N4O2S. The van der Waals surface area contributed by atoms with Crippen LogP contribution in [0.25, 0.3) is 15.9 Å². The number of pyridine rings is 1. The summed E-state index contributed by atoms with van der Waals surface area (Å²) in [5, 5.41) is 9.48. The Morgan fingerprint density at radius 2 is 2.16 bits per heavy atom. The van der Waals surface area contributed by atoms with E-state index in [1.165, 1.54) is 5.56 Å². The lowest BCUT2D eigenvalue weighted by atomic mass is 9.97. The van der Waals surface area contributed by atoms with Crippen molar-refractivity contribution in [2.45, 2.75) is 25.8 Å². The molecule has 0 aliphatic carbocycles. The van der Waals surface area contributed by atoms with E-state index in [-0.39, 0.29) is 11.9 Å². The van der Waals surface area contributed by atoms with Crippen LogP contribution in [-0.2, 0) is 11.2 Å². The van der Waals surface area contributed by atoms with Crippen LogP contribution >= 0.6 is 11.3 Å². The van der Waals surface area contributed by atoms with Crippen molar-refractivity contribution >= 4 is 27.5 Å². The SMILES string of the molecule is CC1COCCC1NC(=O)c1cc(Cc2ccc(-n3cccn3)cc2)c2sccc2n1. The van der Waals surface area contributed by atoms with Crippen LogP contribution in [-0.4, -0.2) is 39.9 Å². The lowest BCUT2D eigenvalue weighted by molar-refractivity contribution is 0.0374. The van der Waals surface area contributed by atoms with Crippen LogP contribution in [0.3, 0.4) is 0 Å². The maximum atomic E-state index is 13.0. The van der Waals surface area contributed by atoms with E-state index in [2.05, 4.69) is 46.6 Å². The Hall–Kier alpha value is -3.03. The summed E-state index contributed by atoms with van der Waals surface area (Å²) in [5.41, 5.74) is 4.68. The highest BCUT2D eigenvalue weighted by molar-refractivity contribution is 7.17. The first-order valence-electron chi connectivity index (χ1n) is 10.5. The fourth-order valence-electron chi connectivity index (χ4n) is 4.02. The predicted octanol–water partition coefficient (Wildman–Crippen LogP) is 4.23. The molecule has 1 aliphatic rings. The summed E-state index contributed by atoms with van der Waals surface area (Å²) in [6.45, 7) is 3.48. The quantitative estimate of drug-likeness (QED) is 0.512. The fraction of sp³-hybridized carbons (Fsp3) is 0.292. The van der Waals surface area contributed by atoms with Gasteiger partial charge in [-0.2, -0.15) is 5.10 Å². The molecule has 158 valence electrons. The van der Waals surface area contributed by atoms with Gasteiger partial charge in [-0.05, 0) is 65.6 Å². The zero-order valence-corrected chi connectivity index (χ0v) is 18.1. The molecule has 4 aromatic rings. The van der Waals surface area contributed by atoms with Crippen molar-refractivity contribution in [1.82, 2.24) is 20.1 Å². The van der Waals surface area contributed by atoms with Gasteiger partial charge in [-0.1, -0.05) is 19.1 Å². The molecule has 1 saturated heterocycles. The lowest BCUT2D eigenvalue weighted by Gasteiger charge is -2.29. The zero-order chi connectivity index (χ0) is 21.2. The number of thiophene rings is 1. The second-order valence-corrected chi connectivity index (χ2v) is 8.93. The smallest absolute Gasteiger partial charge is 0.270 e. The van der Waals surface area contributed by atoms with E-state index < -0.39 is 0 Å². The van der Waals surface area contributed by atoms with Crippen LogP contribution in [0.4, 0.5) is 0 Å². The number of rotatable bonds is 5. The Balaban J connectivity index is 1.39. The number of nitrogens with one attached hydrogen (secondary N) is 1. The van der Waals surface area contributed by atoms with Crippen molar-refractivity contribution in [3.63, 3.8) is 0 Å². The molecule has 0 spiro atoms. The molecule has 0 radical (unpaired) electrons. The van der Waals surface area contributed by atoms with Gasteiger partial charge in [0, 0.05) is 25.0 Å². The number of carbonyl (C=O) groups excluding carboxylic acids is 1. The number of hydrogen-bond acceptors (Lipinski definition) is 5. The van der Waals surface area contributed by atoms with Crippen molar-refractivity contribution in [3.8, 4) is 5.69 Å². The highest BCUT2D eigenvalue weighted by Crippen LogP contribution is 2.27. The van der Waals surface area contributed by atoms with Gasteiger partial charge in [0.05, 0.1) is 22.5 Å². The molecule has 31 heavy (non-hydrogen) atoms. The number of amides is 1. The van der Waals surface area contributed by atoms with Crippen LogP contribution in [0.15, 0.2) is 60.2 Å². The van der Waals surface area contributed by atoms with Gasteiger partial charge in [-0.15, -0.1) is 11.3 Å². The summed E-state index contributed by atoms with van der Waals surface area (Å²) in [4.78, 5) is 17.6. The van der Waals surface area contributed by atoms with Gasteiger partial charge < -0.3 is 10.1 Å². The summed E-state index contributed by atoms with van der Waals surface area (Å²) in [6, 6.07) is 14.3. The second kappa shape index (κ2) is 8.61. The first-order chi connectivity index (χ1) is 15.2. The minimum absolute atomic E-state index is 0.109. The molecule has 7 heteroatoms. The summed E-state index contributed by atoms with van der Waals surface area (Å²) >= 11 is 1.67. The van der Waals surface area contributed by atoms with E-state index >= 15 is 0 Å². The molecule has 1 aromatic carbocycles. The third-order valence-corrected chi connectivity index (χ3v) is 6.76. The highest BCUT2D eigenvalue weighted by atomic mass is 32.1. The summed E-state index contributed by atoms with van der Waals surface area (Å²) < 4.78 is 8.47. The van der Waals surface area contributed by atoms with E-state index in [9.17, 15) is 4.79 Å². The van der Waals surface area contributed by atoms with Crippen LogP contribution in [0.5, 0.6) is 0 Å². The van der Waals surface area contributed by atoms with E-state index in [1.54, 1.807) is 17.5 Å². The van der Waals surface area contributed by atoms with E-state index in [0.717, 1.165) is 34.3 Å². The Morgan fingerprint density at radius 1 is 1.29 bits per heavy atom. The third kappa shape index (κ3) is 4.24. The number of carbonyl (C=O) groups is 1. The molecule has 1 fully saturated rings. The van der Waals surface area contributed by atoms with Crippen molar-refractivity contribution in [2.75, 3.05) is 13.2 Å². The molecular weight excluding hydrogens is 408 g/mol. The summed E-state index contributed by atoms with van der Waals surface area (Å²) in [6.07, 6.45) is 5.28. The molecule has 4 heterocycles. The summed E-state index contributed by atoms with van der Waals surface area (Å²) in [7, 11) is 0. The largest absolute Gasteiger partial charge is 0.381 e. The zero-order valence-electron chi connectivity index (χ0n) is 17.3. The molecule has 2 unspecified atom stereocenters. The Labute approximate surface area is 184 Å².